The van der Waals surface area contributed by atoms with Gasteiger partial charge in [-0.05, 0) is 36.8 Å². The zero-order valence-corrected chi connectivity index (χ0v) is 12.9. The predicted octanol–water partition coefficient (Wildman–Crippen LogP) is 4.08. The van der Waals surface area contributed by atoms with Gasteiger partial charge >= 0.3 is 0 Å². The number of hydrogen-bond acceptors (Lipinski definition) is 3. The van der Waals surface area contributed by atoms with Gasteiger partial charge in [0.15, 0.2) is 5.82 Å². The van der Waals surface area contributed by atoms with Crippen molar-refractivity contribution in [2.24, 2.45) is 5.10 Å². The maximum Gasteiger partial charge on any atom is 0.216 e. The minimum absolute atomic E-state index is 0.230. The van der Waals surface area contributed by atoms with Gasteiger partial charge in [0.1, 0.15) is 11.6 Å². The molecule has 0 aliphatic heterocycles. The summed E-state index contributed by atoms with van der Waals surface area (Å²) in [6.45, 7) is 1.93. The third kappa shape index (κ3) is 2.95. The van der Waals surface area contributed by atoms with Crippen molar-refractivity contribution in [2.45, 2.75) is 6.92 Å². The molecule has 4 nitrogen and oxygen atoms in total. The molecular formula is C16H12F2N4S. The van der Waals surface area contributed by atoms with Gasteiger partial charge in [-0.1, -0.05) is 30.3 Å². The van der Waals surface area contributed by atoms with Gasteiger partial charge in [-0.2, -0.15) is 14.9 Å². The van der Waals surface area contributed by atoms with Gasteiger partial charge in [-0.3, -0.25) is 0 Å². The Morgan fingerprint density at radius 1 is 1.13 bits per heavy atom. The molecule has 1 heterocycles. The van der Waals surface area contributed by atoms with Gasteiger partial charge < -0.3 is 0 Å². The molecule has 1 aromatic heterocycles. The number of aryl methyl sites for hydroxylation is 1. The lowest BCUT2D eigenvalue weighted by Crippen LogP contribution is -1.99. The van der Waals surface area contributed by atoms with Crippen LogP contribution in [0.3, 0.4) is 0 Å². The fourth-order valence-corrected chi connectivity index (χ4v) is 2.33. The van der Waals surface area contributed by atoms with Crippen molar-refractivity contribution in [1.29, 1.82) is 0 Å². The van der Waals surface area contributed by atoms with Gasteiger partial charge in [-0.15, -0.1) is 0 Å². The number of H-pyrrole nitrogens is 1. The van der Waals surface area contributed by atoms with E-state index in [1.165, 1.54) is 22.9 Å². The van der Waals surface area contributed by atoms with Crippen molar-refractivity contribution >= 4 is 18.4 Å². The van der Waals surface area contributed by atoms with Gasteiger partial charge in [0.2, 0.25) is 4.77 Å². The molecule has 0 saturated carbocycles. The molecule has 0 saturated heterocycles. The zero-order valence-electron chi connectivity index (χ0n) is 12.1. The maximum absolute atomic E-state index is 13.7. The van der Waals surface area contributed by atoms with Crippen LogP contribution in [0.2, 0.25) is 0 Å². The molecule has 3 rings (SSSR count). The van der Waals surface area contributed by atoms with Crippen LogP contribution in [-0.4, -0.2) is 21.1 Å². The lowest BCUT2D eigenvalue weighted by atomic mass is 10.1. The first-order valence-corrected chi connectivity index (χ1v) is 7.20. The highest BCUT2D eigenvalue weighted by Gasteiger charge is 2.11. The molecule has 0 atom stereocenters. The number of hydrogen-bond donors (Lipinski definition) is 1. The molecule has 0 aliphatic carbocycles. The van der Waals surface area contributed by atoms with E-state index in [0.29, 0.717) is 5.82 Å². The first kappa shape index (κ1) is 15.2. The number of aromatic amines is 1. The van der Waals surface area contributed by atoms with E-state index in [9.17, 15) is 8.78 Å². The Labute approximate surface area is 136 Å². The lowest BCUT2D eigenvalue weighted by Gasteiger charge is -2.04. The van der Waals surface area contributed by atoms with E-state index in [4.69, 9.17) is 12.2 Å². The van der Waals surface area contributed by atoms with Gasteiger partial charge in [0.25, 0.3) is 0 Å². The SMILES string of the molecule is Cc1ccccc1-c1n[nH]c(=S)n1/N=C/c1c(F)cccc1F. The zero-order chi connectivity index (χ0) is 16.4. The molecule has 0 amide bonds. The lowest BCUT2D eigenvalue weighted by molar-refractivity contribution is 0.580. The number of nitrogens with one attached hydrogen (secondary N) is 1. The summed E-state index contributed by atoms with van der Waals surface area (Å²) in [4.78, 5) is 0. The van der Waals surface area contributed by atoms with Crippen molar-refractivity contribution in [2.75, 3.05) is 0 Å². The van der Waals surface area contributed by atoms with Crippen molar-refractivity contribution in [3.63, 3.8) is 0 Å². The minimum Gasteiger partial charge on any atom is -0.250 e. The predicted molar refractivity (Wildman–Crippen MR) is 86.9 cm³/mol. The first-order valence-electron chi connectivity index (χ1n) is 6.79. The van der Waals surface area contributed by atoms with Crippen LogP contribution in [0.15, 0.2) is 47.6 Å². The van der Waals surface area contributed by atoms with Gasteiger partial charge in [-0.25, -0.2) is 13.9 Å². The Balaban J connectivity index is 2.09. The van der Waals surface area contributed by atoms with Gasteiger partial charge in [0, 0.05) is 5.56 Å². The molecule has 3 aromatic rings. The summed E-state index contributed by atoms with van der Waals surface area (Å²) >= 11 is 5.14. The molecule has 2 aromatic carbocycles. The van der Waals surface area contributed by atoms with Crippen LogP contribution in [0.4, 0.5) is 8.78 Å². The quantitative estimate of drug-likeness (QED) is 0.581. The number of benzene rings is 2. The molecule has 23 heavy (non-hydrogen) atoms. The highest BCUT2D eigenvalue weighted by molar-refractivity contribution is 7.71. The Kier molecular flexibility index (Phi) is 4.12. The number of rotatable bonds is 3. The summed E-state index contributed by atoms with van der Waals surface area (Å²) in [6.07, 6.45) is 1.10. The third-order valence-corrected chi connectivity index (χ3v) is 3.60. The second-order valence-electron chi connectivity index (χ2n) is 4.86. The standard InChI is InChI=1S/C16H12F2N4S/c1-10-5-2-3-6-11(10)15-20-21-16(23)22(15)19-9-12-13(17)7-4-8-14(12)18/h2-9H,1H3,(H,21,23)/b19-9+. The molecule has 116 valence electrons. The van der Waals surface area contributed by atoms with Gasteiger partial charge in [0.05, 0.1) is 11.8 Å². The average Bonchev–Trinajstić information content (AvgIpc) is 2.88. The summed E-state index contributed by atoms with van der Waals surface area (Å²) in [7, 11) is 0. The van der Waals surface area contributed by atoms with E-state index < -0.39 is 11.6 Å². The van der Waals surface area contributed by atoms with E-state index in [-0.39, 0.29) is 10.3 Å². The maximum atomic E-state index is 13.7. The van der Waals surface area contributed by atoms with E-state index in [2.05, 4.69) is 15.3 Å². The number of nitrogens with zero attached hydrogens (tertiary/aromatic N) is 3. The van der Waals surface area contributed by atoms with Crippen LogP contribution in [0, 0.1) is 23.3 Å². The topological polar surface area (TPSA) is 46.0 Å². The van der Waals surface area contributed by atoms with Crippen LogP contribution in [0.25, 0.3) is 11.4 Å². The summed E-state index contributed by atoms with van der Waals surface area (Å²) in [6, 6.07) is 11.2. The minimum atomic E-state index is -0.693. The Bertz CT molecular complexity index is 923. The summed E-state index contributed by atoms with van der Waals surface area (Å²) in [5.74, 6) is -0.913. The molecule has 0 fully saturated rings. The third-order valence-electron chi connectivity index (χ3n) is 3.34. The van der Waals surface area contributed by atoms with E-state index >= 15 is 0 Å². The monoisotopic (exact) mass is 330 g/mol. The molecule has 0 spiro atoms. The fraction of sp³-hybridized carbons (Fsp3) is 0.0625. The largest absolute Gasteiger partial charge is 0.250 e. The number of aromatic nitrogens is 3. The summed E-state index contributed by atoms with van der Waals surface area (Å²) < 4.78 is 28.9. The van der Waals surface area contributed by atoms with E-state index in [0.717, 1.165) is 17.3 Å². The average molecular weight is 330 g/mol. The second-order valence-corrected chi connectivity index (χ2v) is 5.25. The van der Waals surface area contributed by atoms with Crippen LogP contribution in [0.5, 0.6) is 0 Å². The van der Waals surface area contributed by atoms with E-state index in [1.807, 2.05) is 31.2 Å². The van der Waals surface area contributed by atoms with Crippen molar-refractivity contribution in [1.82, 2.24) is 14.9 Å². The van der Waals surface area contributed by atoms with Crippen molar-refractivity contribution < 1.29 is 8.78 Å². The number of halogens is 2. The van der Waals surface area contributed by atoms with Crippen molar-refractivity contribution in [3.05, 3.63) is 70.0 Å². The second kappa shape index (κ2) is 6.21. The Morgan fingerprint density at radius 2 is 1.83 bits per heavy atom. The molecule has 0 unspecified atom stereocenters. The van der Waals surface area contributed by atoms with Crippen LogP contribution < -0.4 is 0 Å². The molecular weight excluding hydrogens is 318 g/mol. The normalized spacial score (nSPS) is 11.3. The smallest absolute Gasteiger partial charge is 0.216 e. The molecule has 0 bridgehead atoms. The Morgan fingerprint density at radius 3 is 2.52 bits per heavy atom. The summed E-state index contributed by atoms with van der Waals surface area (Å²) in [5.41, 5.74) is 1.58. The molecule has 0 radical (unpaired) electrons. The van der Waals surface area contributed by atoms with Crippen molar-refractivity contribution in [3.8, 4) is 11.4 Å². The van der Waals surface area contributed by atoms with Crippen LogP contribution in [0.1, 0.15) is 11.1 Å². The Hall–Kier alpha value is -2.67. The molecule has 0 aliphatic rings. The van der Waals surface area contributed by atoms with Crippen LogP contribution in [-0.2, 0) is 0 Å². The summed E-state index contributed by atoms with van der Waals surface area (Å²) in [5, 5.41) is 10.9. The fourth-order valence-electron chi connectivity index (χ4n) is 2.15. The van der Waals surface area contributed by atoms with E-state index in [1.54, 1.807) is 0 Å². The highest BCUT2D eigenvalue weighted by atomic mass is 32.1. The first-order chi connectivity index (χ1) is 11.1. The van der Waals surface area contributed by atoms with Crippen LogP contribution >= 0.6 is 12.2 Å². The molecule has 1 N–H and O–H groups in total. The highest BCUT2D eigenvalue weighted by Crippen LogP contribution is 2.21. The molecule has 7 heteroatoms.